The minimum absolute atomic E-state index is 0.0159. The molecule has 0 spiro atoms. The standard InChI is InChI=1S/C27H28N6O2/c1-31-22-8-4-3-7-21(22)27(35)33-14-11-20-19-6-2-5-9-23(19)32(25(20)26(31)33)15-12-24(34)29-13-10-18-16-28-17-30-18/h2-9,16-17,26H,10-15H2,1H3,(H,28,30)(H,29,34). The molecule has 0 saturated carbocycles. The average Bonchev–Trinajstić information content (AvgIpc) is 3.52. The lowest BCUT2D eigenvalue weighted by Crippen LogP contribution is -2.51. The Bertz CT molecular complexity index is 1410. The van der Waals surface area contributed by atoms with Crippen LogP contribution in [0.4, 0.5) is 5.69 Å². The van der Waals surface area contributed by atoms with Crippen molar-refractivity contribution >= 4 is 28.4 Å². The summed E-state index contributed by atoms with van der Waals surface area (Å²) in [6.07, 6.45) is 5.11. The number of amides is 2. The minimum atomic E-state index is -0.197. The van der Waals surface area contributed by atoms with E-state index in [0.717, 1.165) is 41.0 Å². The van der Waals surface area contributed by atoms with Crippen molar-refractivity contribution < 1.29 is 9.59 Å². The number of aromatic amines is 1. The minimum Gasteiger partial charge on any atom is -0.356 e. The molecule has 2 amide bonds. The second kappa shape index (κ2) is 8.61. The van der Waals surface area contributed by atoms with Gasteiger partial charge in [-0.2, -0.15) is 0 Å². The van der Waals surface area contributed by atoms with E-state index in [2.05, 4.69) is 50.0 Å². The number of imidazole rings is 1. The van der Waals surface area contributed by atoms with Crippen LogP contribution < -0.4 is 10.2 Å². The van der Waals surface area contributed by atoms with Crippen molar-refractivity contribution in [3.8, 4) is 0 Å². The van der Waals surface area contributed by atoms with Gasteiger partial charge in [-0.05, 0) is 30.2 Å². The summed E-state index contributed by atoms with van der Waals surface area (Å²) >= 11 is 0. The first-order valence-electron chi connectivity index (χ1n) is 12.1. The van der Waals surface area contributed by atoms with Crippen LogP contribution in [0.2, 0.25) is 0 Å². The lowest BCUT2D eigenvalue weighted by molar-refractivity contribution is -0.121. The predicted octanol–water partition coefficient (Wildman–Crippen LogP) is 3.26. The molecule has 0 fully saturated rings. The molecule has 178 valence electrons. The highest BCUT2D eigenvalue weighted by molar-refractivity contribution is 6.02. The molecule has 1 atom stereocenters. The van der Waals surface area contributed by atoms with E-state index >= 15 is 0 Å². The summed E-state index contributed by atoms with van der Waals surface area (Å²) in [5.41, 5.74) is 6.20. The van der Waals surface area contributed by atoms with Gasteiger partial charge in [0.05, 0.1) is 23.3 Å². The molecule has 0 radical (unpaired) electrons. The van der Waals surface area contributed by atoms with Crippen LogP contribution in [0.3, 0.4) is 0 Å². The number of carbonyl (C=O) groups is 2. The Kier molecular flexibility index (Phi) is 5.28. The van der Waals surface area contributed by atoms with Gasteiger partial charge < -0.3 is 24.7 Å². The first-order chi connectivity index (χ1) is 17.1. The molecular formula is C27H28N6O2. The molecule has 2 aromatic heterocycles. The number of benzene rings is 2. The van der Waals surface area contributed by atoms with Gasteiger partial charge in [0.25, 0.3) is 5.91 Å². The second-order valence-corrected chi connectivity index (χ2v) is 9.21. The van der Waals surface area contributed by atoms with Crippen LogP contribution >= 0.6 is 0 Å². The van der Waals surface area contributed by atoms with E-state index in [4.69, 9.17) is 0 Å². The maximum atomic E-state index is 13.4. The SMILES string of the molecule is CN1c2ccccc2C(=O)N2CCc3c(n(CCC(=O)NCCc4cnc[nH]4)c4ccccc34)C21. The van der Waals surface area contributed by atoms with Crippen LogP contribution in [0.25, 0.3) is 10.9 Å². The number of carbonyl (C=O) groups excluding carboxylic acids is 2. The summed E-state index contributed by atoms with van der Waals surface area (Å²) in [5.74, 6) is 0.0878. The monoisotopic (exact) mass is 468 g/mol. The number of H-pyrrole nitrogens is 1. The molecule has 2 aliphatic heterocycles. The van der Waals surface area contributed by atoms with Crippen molar-refractivity contribution in [1.82, 2.24) is 24.8 Å². The number of hydrogen-bond donors (Lipinski definition) is 2. The number of fused-ring (bicyclic) bond motifs is 6. The third-order valence-corrected chi connectivity index (χ3v) is 7.24. The summed E-state index contributed by atoms with van der Waals surface area (Å²) in [4.78, 5) is 37.4. The zero-order valence-electron chi connectivity index (χ0n) is 19.7. The lowest BCUT2D eigenvalue weighted by Gasteiger charge is -2.46. The van der Waals surface area contributed by atoms with Crippen molar-refractivity contribution in [2.24, 2.45) is 0 Å². The van der Waals surface area contributed by atoms with Crippen LogP contribution in [0.1, 0.15) is 39.9 Å². The Morgan fingerprint density at radius 3 is 2.86 bits per heavy atom. The molecule has 35 heavy (non-hydrogen) atoms. The smallest absolute Gasteiger partial charge is 0.257 e. The van der Waals surface area contributed by atoms with Gasteiger partial charge in [-0.3, -0.25) is 9.59 Å². The van der Waals surface area contributed by atoms with E-state index in [0.29, 0.717) is 26.1 Å². The number of nitrogens with zero attached hydrogens (tertiary/aromatic N) is 4. The maximum absolute atomic E-state index is 13.4. The molecule has 8 heteroatoms. The lowest BCUT2D eigenvalue weighted by atomic mass is 9.96. The van der Waals surface area contributed by atoms with Gasteiger partial charge in [0.15, 0.2) is 0 Å². The summed E-state index contributed by atoms with van der Waals surface area (Å²) in [6.45, 7) is 1.80. The summed E-state index contributed by atoms with van der Waals surface area (Å²) in [5, 5.41) is 4.23. The number of para-hydroxylation sites is 2. The normalized spacial score (nSPS) is 16.7. The third kappa shape index (κ3) is 3.56. The van der Waals surface area contributed by atoms with Crippen molar-refractivity contribution in [1.29, 1.82) is 0 Å². The van der Waals surface area contributed by atoms with Crippen LogP contribution in [-0.4, -0.2) is 51.4 Å². The van der Waals surface area contributed by atoms with Crippen molar-refractivity contribution in [3.63, 3.8) is 0 Å². The Morgan fingerprint density at radius 1 is 1.17 bits per heavy atom. The molecule has 4 aromatic rings. The third-order valence-electron chi connectivity index (χ3n) is 7.24. The highest BCUT2D eigenvalue weighted by atomic mass is 16.2. The number of aryl methyl sites for hydroxylation is 1. The zero-order valence-corrected chi connectivity index (χ0v) is 19.7. The number of hydrogen-bond acceptors (Lipinski definition) is 4. The Morgan fingerprint density at radius 2 is 2.00 bits per heavy atom. The first kappa shape index (κ1) is 21.5. The van der Waals surface area contributed by atoms with E-state index in [1.807, 2.05) is 35.2 Å². The van der Waals surface area contributed by atoms with Gasteiger partial charge in [0, 0.05) is 62.3 Å². The number of rotatable bonds is 6. The van der Waals surface area contributed by atoms with Crippen molar-refractivity contribution in [2.75, 3.05) is 25.0 Å². The van der Waals surface area contributed by atoms with Crippen LogP contribution in [-0.2, 0) is 24.2 Å². The highest BCUT2D eigenvalue weighted by Gasteiger charge is 2.42. The fourth-order valence-electron chi connectivity index (χ4n) is 5.61. The van der Waals surface area contributed by atoms with Gasteiger partial charge in [-0.1, -0.05) is 30.3 Å². The predicted molar refractivity (Wildman–Crippen MR) is 134 cm³/mol. The summed E-state index contributed by atoms with van der Waals surface area (Å²) in [6, 6.07) is 16.2. The van der Waals surface area contributed by atoms with Crippen molar-refractivity contribution in [2.45, 2.75) is 32.0 Å². The Labute approximate surface area is 203 Å². The highest BCUT2D eigenvalue weighted by Crippen LogP contribution is 2.44. The molecule has 8 nitrogen and oxygen atoms in total. The molecule has 0 saturated heterocycles. The topological polar surface area (TPSA) is 86.3 Å². The maximum Gasteiger partial charge on any atom is 0.257 e. The summed E-state index contributed by atoms with van der Waals surface area (Å²) in [7, 11) is 2.06. The van der Waals surface area contributed by atoms with Crippen LogP contribution in [0.15, 0.2) is 61.1 Å². The quantitative estimate of drug-likeness (QED) is 0.455. The Hall–Kier alpha value is -4.07. The van der Waals surface area contributed by atoms with E-state index in [1.54, 1.807) is 12.5 Å². The molecule has 2 aromatic carbocycles. The molecule has 2 N–H and O–H groups in total. The van der Waals surface area contributed by atoms with Crippen LogP contribution in [0, 0.1) is 0 Å². The van der Waals surface area contributed by atoms with Crippen molar-refractivity contribution in [3.05, 3.63) is 83.6 Å². The molecule has 4 heterocycles. The van der Waals surface area contributed by atoms with E-state index in [1.165, 1.54) is 10.9 Å². The number of aromatic nitrogens is 3. The number of anilines is 1. The molecule has 1 unspecified atom stereocenters. The molecule has 6 rings (SSSR count). The van der Waals surface area contributed by atoms with E-state index < -0.39 is 0 Å². The van der Waals surface area contributed by atoms with Gasteiger partial charge >= 0.3 is 0 Å². The molecule has 0 aliphatic carbocycles. The zero-order chi connectivity index (χ0) is 23.9. The van der Waals surface area contributed by atoms with Gasteiger partial charge in [0.1, 0.15) is 6.17 Å². The largest absolute Gasteiger partial charge is 0.356 e. The molecule has 0 bridgehead atoms. The van der Waals surface area contributed by atoms with Gasteiger partial charge in [-0.15, -0.1) is 0 Å². The first-order valence-corrected chi connectivity index (χ1v) is 12.1. The fourth-order valence-corrected chi connectivity index (χ4v) is 5.61. The molecule has 2 aliphatic rings. The van der Waals surface area contributed by atoms with Crippen LogP contribution in [0.5, 0.6) is 0 Å². The Balaban J connectivity index is 1.31. The summed E-state index contributed by atoms with van der Waals surface area (Å²) < 4.78 is 2.26. The molecular weight excluding hydrogens is 440 g/mol. The van der Waals surface area contributed by atoms with Gasteiger partial charge in [0.2, 0.25) is 5.91 Å². The van der Waals surface area contributed by atoms with E-state index in [9.17, 15) is 9.59 Å². The fraction of sp³-hybridized carbons (Fsp3) is 0.296. The van der Waals surface area contributed by atoms with Gasteiger partial charge in [-0.25, -0.2) is 4.98 Å². The average molecular weight is 469 g/mol. The second-order valence-electron chi connectivity index (χ2n) is 9.21. The van der Waals surface area contributed by atoms with E-state index in [-0.39, 0.29) is 18.0 Å². The number of nitrogens with one attached hydrogen (secondary N) is 2.